The van der Waals surface area contributed by atoms with Gasteiger partial charge in [-0.05, 0) is 42.3 Å². The summed E-state index contributed by atoms with van der Waals surface area (Å²) in [5.74, 6) is -1.32. The fraction of sp³-hybridized carbons (Fsp3) is 0.133. The van der Waals surface area contributed by atoms with E-state index in [4.69, 9.17) is 16.7 Å². The van der Waals surface area contributed by atoms with E-state index in [-0.39, 0.29) is 11.4 Å². The lowest BCUT2D eigenvalue weighted by Crippen LogP contribution is -2.09. The van der Waals surface area contributed by atoms with Crippen LogP contribution in [0.15, 0.2) is 42.5 Å². The first kappa shape index (κ1) is 14.3. The highest BCUT2D eigenvalue weighted by Gasteiger charge is 2.10. The SMILES string of the molecule is O=C(O)c1cc(Cl)ccc1NCCc1cccc(F)c1. The summed E-state index contributed by atoms with van der Waals surface area (Å²) >= 11 is 5.78. The Morgan fingerprint density at radius 3 is 2.75 bits per heavy atom. The highest BCUT2D eigenvalue weighted by atomic mass is 35.5. The Morgan fingerprint density at radius 2 is 2.05 bits per heavy atom. The lowest BCUT2D eigenvalue weighted by Gasteiger charge is -2.10. The van der Waals surface area contributed by atoms with Crippen LogP contribution in [0.2, 0.25) is 5.02 Å². The Bertz CT molecular complexity index is 631. The maximum atomic E-state index is 13.0. The third-order valence-electron chi connectivity index (χ3n) is 2.83. The number of aromatic carboxylic acids is 1. The van der Waals surface area contributed by atoms with Crippen LogP contribution in [0.3, 0.4) is 0 Å². The van der Waals surface area contributed by atoms with Crippen LogP contribution in [-0.4, -0.2) is 17.6 Å². The molecule has 5 heteroatoms. The molecule has 0 saturated heterocycles. The zero-order valence-corrected chi connectivity index (χ0v) is 11.3. The Morgan fingerprint density at radius 1 is 1.25 bits per heavy atom. The van der Waals surface area contributed by atoms with Crippen molar-refractivity contribution in [2.75, 3.05) is 11.9 Å². The Kier molecular flexibility index (Phi) is 4.58. The van der Waals surface area contributed by atoms with Crippen LogP contribution in [0.5, 0.6) is 0 Å². The number of nitrogens with one attached hydrogen (secondary N) is 1. The molecule has 0 fully saturated rings. The van der Waals surface area contributed by atoms with Crippen molar-refractivity contribution in [3.05, 3.63) is 64.4 Å². The van der Waals surface area contributed by atoms with Crippen molar-refractivity contribution in [2.24, 2.45) is 0 Å². The standard InChI is InChI=1S/C15H13ClFNO2/c16-11-4-5-14(13(9-11)15(19)20)18-7-6-10-2-1-3-12(17)8-10/h1-5,8-9,18H,6-7H2,(H,19,20). The average molecular weight is 294 g/mol. The van der Waals surface area contributed by atoms with Crippen molar-refractivity contribution in [3.63, 3.8) is 0 Å². The molecule has 0 atom stereocenters. The number of benzene rings is 2. The Labute approximate surface area is 121 Å². The molecule has 0 radical (unpaired) electrons. The van der Waals surface area contributed by atoms with E-state index in [1.165, 1.54) is 18.2 Å². The minimum Gasteiger partial charge on any atom is -0.478 e. The number of carboxylic acids is 1. The van der Waals surface area contributed by atoms with Gasteiger partial charge in [0.15, 0.2) is 0 Å². The molecule has 2 rings (SSSR count). The highest BCUT2D eigenvalue weighted by Crippen LogP contribution is 2.20. The van der Waals surface area contributed by atoms with E-state index in [9.17, 15) is 9.18 Å². The maximum Gasteiger partial charge on any atom is 0.337 e. The van der Waals surface area contributed by atoms with Crippen LogP contribution in [0.25, 0.3) is 0 Å². The van der Waals surface area contributed by atoms with E-state index >= 15 is 0 Å². The van der Waals surface area contributed by atoms with Gasteiger partial charge in [-0.3, -0.25) is 0 Å². The first-order chi connectivity index (χ1) is 9.56. The molecular formula is C15H13ClFNO2. The lowest BCUT2D eigenvalue weighted by atomic mass is 10.1. The molecule has 2 aromatic rings. The molecule has 0 bridgehead atoms. The zero-order valence-electron chi connectivity index (χ0n) is 10.6. The second-order valence-electron chi connectivity index (χ2n) is 4.30. The smallest absolute Gasteiger partial charge is 0.337 e. The molecule has 0 amide bonds. The predicted molar refractivity (Wildman–Crippen MR) is 77.0 cm³/mol. The fourth-order valence-electron chi connectivity index (χ4n) is 1.88. The van der Waals surface area contributed by atoms with Crippen LogP contribution in [0.4, 0.5) is 10.1 Å². The highest BCUT2D eigenvalue weighted by molar-refractivity contribution is 6.31. The van der Waals surface area contributed by atoms with Gasteiger partial charge in [0.2, 0.25) is 0 Å². The largest absolute Gasteiger partial charge is 0.478 e. The molecule has 0 aromatic heterocycles. The molecule has 0 heterocycles. The van der Waals surface area contributed by atoms with Gasteiger partial charge in [0.05, 0.1) is 5.56 Å². The summed E-state index contributed by atoms with van der Waals surface area (Å²) in [7, 11) is 0. The minimum atomic E-state index is -1.04. The fourth-order valence-corrected chi connectivity index (χ4v) is 2.05. The van der Waals surface area contributed by atoms with Crippen LogP contribution >= 0.6 is 11.6 Å². The van der Waals surface area contributed by atoms with E-state index in [2.05, 4.69) is 5.32 Å². The summed E-state index contributed by atoms with van der Waals surface area (Å²) in [6.45, 7) is 0.505. The van der Waals surface area contributed by atoms with Crippen LogP contribution < -0.4 is 5.32 Å². The normalized spacial score (nSPS) is 10.3. The number of hydrogen-bond acceptors (Lipinski definition) is 2. The van der Waals surface area contributed by atoms with Gasteiger partial charge in [-0.2, -0.15) is 0 Å². The molecule has 2 aromatic carbocycles. The molecule has 2 N–H and O–H groups in total. The third kappa shape index (κ3) is 3.71. The van der Waals surface area contributed by atoms with Crippen LogP contribution in [-0.2, 0) is 6.42 Å². The quantitative estimate of drug-likeness (QED) is 0.881. The number of rotatable bonds is 5. The van der Waals surface area contributed by atoms with Gasteiger partial charge in [0.25, 0.3) is 0 Å². The summed E-state index contributed by atoms with van der Waals surface area (Å²) in [6, 6.07) is 11.0. The summed E-state index contributed by atoms with van der Waals surface area (Å²) in [5, 5.41) is 12.5. The molecule has 3 nitrogen and oxygen atoms in total. The monoisotopic (exact) mass is 293 g/mol. The zero-order chi connectivity index (χ0) is 14.5. The second-order valence-corrected chi connectivity index (χ2v) is 4.74. The van der Waals surface area contributed by atoms with Gasteiger partial charge in [-0.25, -0.2) is 9.18 Å². The van der Waals surface area contributed by atoms with Crippen molar-refractivity contribution in [2.45, 2.75) is 6.42 Å². The predicted octanol–water partition coefficient (Wildman–Crippen LogP) is 3.83. The summed E-state index contributed by atoms with van der Waals surface area (Å²) < 4.78 is 13.0. The van der Waals surface area contributed by atoms with E-state index < -0.39 is 5.97 Å². The molecule has 20 heavy (non-hydrogen) atoms. The van der Waals surface area contributed by atoms with Gasteiger partial charge >= 0.3 is 5.97 Å². The molecule has 0 saturated carbocycles. The van der Waals surface area contributed by atoms with Crippen molar-refractivity contribution in [1.82, 2.24) is 0 Å². The molecule has 0 aliphatic carbocycles. The summed E-state index contributed by atoms with van der Waals surface area (Å²) in [6.07, 6.45) is 0.597. The molecule has 104 valence electrons. The lowest BCUT2D eigenvalue weighted by molar-refractivity contribution is 0.0698. The van der Waals surface area contributed by atoms with Crippen molar-refractivity contribution >= 4 is 23.3 Å². The first-order valence-electron chi connectivity index (χ1n) is 6.07. The molecule has 0 aliphatic rings. The van der Waals surface area contributed by atoms with E-state index in [1.54, 1.807) is 18.2 Å². The summed E-state index contributed by atoms with van der Waals surface area (Å²) in [5.41, 5.74) is 1.47. The molecular weight excluding hydrogens is 281 g/mol. The molecule has 0 aliphatic heterocycles. The van der Waals surface area contributed by atoms with Crippen LogP contribution in [0.1, 0.15) is 15.9 Å². The van der Waals surface area contributed by atoms with Gasteiger partial charge in [-0.1, -0.05) is 23.7 Å². The van der Waals surface area contributed by atoms with Crippen molar-refractivity contribution < 1.29 is 14.3 Å². The summed E-state index contributed by atoms with van der Waals surface area (Å²) in [4.78, 5) is 11.1. The Balaban J connectivity index is 2.02. The molecule has 0 unspecified atom stereocenters. The maximum absolute atomic E-state index is 13.0. The van der Waals surface area contributed by atoms with E-state index in [1.807, 2.05) is 6.07 Å². The molecule has 0 spiro atoms. The van der Waals surface area contributed by atoms with E-state index in [0.717, 1.165) is 5.56 Å². The van der Waals surface area contributed by atoms with Crippen molar-refractivity contribution in [1.29, 1.82) is 0 Å². The first-order valence-corrected chi connectivity index (χ1v) is 6.45. The number of carboxylic acid groups (broad SMARTS) is 1. The average Bonchev–Trinajstić information content (AvgIpc) is 2.40. The van der Waals surface area contributed by atoms with Gasteiger partial charge < -0.3 is 10.4 Å². The third-order valence-corrected chi connectivity index (χ3v) is 3.07. The van der Waals surface area contributed by atoms with Gasteiger partial charge in [0, 0.05) is 17.3 Å². The van der Waals surface area contributed by atoms with Crippen LogP contribution in [0, 0.1) is 5.82 Å². The minimum absolute atomic E-state index is 0.122. The van der Waals surface area contributed by atoms with Gasteiger partial charge in [-0.15, -0.1) is 0 Å². The number of hydrogen-bond donors (Lipinski definition) is 2. The number of anilines is 1. The Hall–Kier alpha value is -2.07. The van der Waals surface area contributed by atoms with Gasteiger partial charge in [0.1, 0.15) is 5.82 Å². The number of carbonyl (C=O) groups is 1. The second kappa shape index (κ2) is 6.39. The number of halogens is 2. The van der Waals surface area contributed by atoms with E-state index in [0.29, 0.717) is 23.7 Å². The van der Waals surface area contributed by atoms with Crippen molar-refractivity contribution in [3.8, 4) is 0 Å². The topological polar surface area (TPSA) is 49.3 Å².